The first-order valence-corrected chi connectivity index (χ1v) is 7.81. The summed E-state index contributed by atoms with van der Waals surface area (Å²) in [5.41, 5.74) is 3.44. The summed E-state index contributed by atoms with van der Waals surface area (Å²) in [5, 5.41) is 4.88. The molecule has 0 atom stereocenters. The van der Waals surface area contributed by atoms with Gasteiger partial charge in [-0.25, -0.2) is 0 Å². The Balaban J connectivity index is 2.23. The first-order valence-electron chi connectivity index (χ1n) is 7.05. The number of rotatable bonds is 6. The second-order valence-corrected chi connectivity index (χ2v) is 5.86. The molecule has 0 saturated carbocycles. The predicted octanol–water partition coefficient (Wildman–Crippen LogP) is 4.74. The monoisotopic (exact) mass is 322 g/mol. The molecule has 0 saturated heterocycles. The minimum absolute atomic E-state index is 0.757. The minimum Gasteiger partial charge on any atom is -0.369 e. The average Bonchev–Trinajstić information content (AvgIpc) is 2.45. The van der Waals surface area contributed by atoms with Crippen molar-refractivity contribution in [1.29, 1.82) is 0 Å². The van der Waals surface area contributed by atoms with E-state index in [9.17, 15) is 0 Å². The molecule has 0 bridgehead atoms. The molecule has 0 radical (unpaired) electrons. The third kappa shape index (κ3) is 4.37. The van der Waals surface area contributed by atoms with Crippen molar-refractivity contribution >= 4 is 28.9 Å². The van der Waals surface area contributed by atoms with Crippen molar-refractivity contribution in [2.75, 3.05) is 18.5 Å². The summed E-state index contributed by atoms with van der Waals surface area (Å²) < 4.78 is 0. The number of hydrogen-bond acceptors (Lipinski definition) is 2. The van der Waals surface area contributed by atoms with Gasteiger partial charge in [0.2, 0.25) is 0 Å². The van der Waals surface area contributed by atoms with Crippen molar-refractivity contribution in [2.45, 2.75) is 20.0 Å². The third-order valence-corrected chi connectivity index (χ3v) is 3.87. The molecule has 112 valence electrons. The standard InChI is InChI=1S/C17H20Cl2N2/c1-3-20-11-14-7-5-9-16(19)17(14)21(2)12-13-6-4-8-15(18)10-13/h4-10,20H,3,11-12H2,1-2H3. The highest BCUT2D eigenvalue weighted by Gasteiger charge is 2.12. The van der Waals surface area contributed by atoms with Gasteiger partial charge in [0.15, 0.2) is 0 Å². The molecule has 21 heavy (non-hydrogen) atoms. The van der Waals surface area contributed by atoms with E-state index >= 15 is 0 Å². The van der Waals surface area contributed by atoms with Gasteiger partial charge in [0, 0.05) is 25.2 Å². The molecular weight excluding hydrogens is 303 g/mol. The quantitative estimate of drug-likeness (QED) is 0.826. The molecule has 0 fully saturated rings. The van der Waals surface area contributed by atoms with Crippen LogP contribution < -0.4 is 10.2 Å². The summed E-state index contributed by atoms with van der Waals surface area (Å²) in [7, 11) is 2.05. The van der Waals surface area contributed by atoms with E-state index in [0.29, 0.717) is 0 Å². The molecule has 0 spiro atoms. The van der Waals surface area contributed by atoms with E-state index in [-0.39, 0.29) is 0 Å². The highest BCUT2D eigenvalue weighted by molar-refractivity contribution is 6.33. The Morgan fingerprint density at radius 3 is 2.57 bits per heavy atom. The van der Waals surface area contributed by atoms with Crippen molar-refractivity contribution in [3.05, 3.63) is 63.6 Å². The Bertz CT molecular complexity index is 599. The molecule has 4 heteroatoms. The molecule has 1 N–H and O–H groups in total. The van der Waals surface area contributed by atoms with Gasteiger partial charge in [0.05, 0.1) is 10.7 Å². The van der Waals surface area contributed by atoms with Gasteiger partial charge in [-0.15, -0.1) is 0 Å². The largest absolute Gasteiger partial charge is 0.369 e. The van der Waals surface area contributed by atoms with Crippen LogP contribution in [0.15, 0.2) is 42.5 Å². The lowest BCUT2D eigenvalue weighted by Gasteiger charge is -2.24. The van der Waals surface area contributed by atoms with Gasteiger partial charge in [0.1, 0.15) is 0 Å². The van der Waals surface area contributed by atoms with Crippen molar-refractivity contribution in [2.24, 2.45) is 0 Å². The summed E-state index contributed by atoms with van der Waals surface area (Å²) in [6, 6.07) is 13.9. The van der Waals surface area contributed by atoms with Crippen LogP contribution in [0.25, 0.3) is 0 Å². The Labute approximate surface area is 136 Å². The zero-order chi connectivity index (χ0) is 15.2. The SMILES string of the molecule is CCNCc1cccc(Cl)c1N(C)Cc1cccc(Cl)c1. The third-order valence-electron chi connectivity index (χ3n) is 3.33. The number of halogens is 2. The lowest BCUT2D eigenvalue weighted by atomic mass is 10.1. The van der Waals surface area contributed by atoms with Crippen LogP contribution in [0.4, 0.5) is 5.69 Å². The fourth-order valence-corrected chi connectivity index (χ4v) is 2.93. The number of anilines is 1. The van der Waals surface area contributed by atoms with Crippen LogP contribution in [0.5, 0.6) is 0 Å². The number of para-hydroxylation sites is 1. The van der Waals surface area contributed by atoms with Crippen molar-refractivity contribution in [1.82, 2.24) is 5.32 Å². The van der Waals surface area contributed by atoms with E-state index in [2.05, 4.69) is 36.3 Å². The van der Waals surface area contributed by atoms with Gasteiger partial charge >= 0.3 is 0 Å². The maximum atomic E-state index is 6.41. The fraction of sp³-hybridized carbons (Fsp3) is 0.294. The minimum atomic E-state index is 0.757. The van der Waals surface area contributed by atoms with E-state index < -0.39 is 0 Å². The molecule has 0 aliphatic rings. The van der Waals surface area contributed by atoms with E-state index in [0.717, 1.165) is 35.4 Å². The van der Waals surface area contributed by atoms with Crippen LogP contribution >= 0.6 is 23.2 Å². The van der Waals surface area contributed by atoms with Crippen LogP contribution in [-0.2, 0) is 13.1 Å². The Hall–Kier alpha value is -1.22. The van der Waals surface area contributed by atoms with Crippen LogP contribution in [0, 0.1) is 0 Å². The zero-order valence-electron chi connectivity index (χ0n) is 12.4. The fourth-order valence-electron chi connectivity index (χ4n) is 2.38. The molecule has 0 heterocycles. The van der Waals surface area contributed by atoms with Gasteiger partial charge in [-0.3, -0.25) is 0 Å². The second-order valence-electron chi connectivity index (χ2n) is 5.01. The molecule has 2 aromatic rings. The summed E-state index contributed by atoms with van der Waals surface area (Å²) in [4.78, 5) is 2.17. The normalized spacial score (nSPS) is 10.7. The van der Waals surface area contributed by atoms with Crippen molar-refractivity contribution in [3.63, 3.8) is 0 Å². The van der Waals surface area contributed by atoms with Gasteiger partial charge in [-0.05, 0) is 35.9 Å². The highest BCUT2D eigenvalue weighted by Crippen LogP contribution is 2.30. The zero-order valence-corrected chi connectivity index (χ0v) is 13.9. The number of benzene rings is 2. The average molecular weight is 323 g/mol. The van der Waals surface area contributed by atoms with Crippen LogP contribution in [0.2, 0.25) is 10.0 Å². The van der Waals surface area contributed by atoms with Crippen molar-refractivity contribution < 1.29 is 0 Å². The topological polar surface area (TPSA) is 15.3 Å². The van der Waals surface area contributed by atoms with Crippen LogP contribution in [-0.4, -0.2) is 13.6 Å². The number of nitrogens with zero attached hydrogens (tertiary/aromatic N) is 1. The Kier molecular flexibility index (Phi) is 5.92. The van der Waals surface area contributed by atoms with Gasteiger partial charge in [0.25, 0.3) is 0 Å². The molecule has 2 rings (SSSR count). The smallest absolute Gasteiger partial charge is 0.0642 e. The molecule has 0 amide bonds. The molecule has 0 aromatic heterocycles. The number of hydrogen-bond donors (Lipinski definition) is 1. The van der Waals surface area contributed by atoms with Crippen molar-refractivity contribution in [3.8, 4) is 0 Å². The maximum Gasteiger partial charge on any atom is 0.0642 e. The van der Waals surface area contributed by atoms with E-state index in [4.69, 9.17) is 23.2 Å². The molecular formula is C17H20Cl2N2. The molecule has 0 aliphatic heterocycles. The molecule has 0 unspecified atom stereocenters. The van der Waals surface area contributed by atoms with E-state index in [1.807, 2.05) is 30.3 Å². The number of nitrogens with one attached hydrogen (secondary N) is 1. The summed E-state index contributed by atoms with van der Waals surface area (Å²) in [5.74, 6) is 0. The van der Waals surface area contributed by atoms with Crippen LogP contribution in [0.3, 0.4) is 0 Å². The second kappa shape index (κ2) is 7.69. The highest BCUT2D eigenvalue weighted by atomic mass is 35.5. The van der Waals surface area contributed by atoms with Gasteiger partial charge < -0.3 is 10.2 Å². The summed E-state index contributed by atoms with van der Waals surface area (Å²) >= 11 is 12.5. The first kappa shape index (κ1) is 16.2. The lowest BCUT2D eigenvalue weighted by Crippen LogP contribution is -2.21. The summed E-state index contributed by atoms with van der Waals surface area (Å²) in [6.45, 7) is 4.61. The van der Waals surface area contributed by atoms with Gasteiger partial charge in [-0.1, -0.05) is 54.4 Å². The summed E-state index contributed by atoms with van der Waals surface area (Å²) in [6.07, 6.45) is 0. The maximum absolute atomic E-state index is 6.41. The first-order chi connectivity index (χ1) is 10.1. The Morgan fingerprint density at radius 1 is 1.10 bits per heavy atom. The Morgan fingerprint density at radius 2 is 1.86 bits per heavy atom. The van der Waals surface area contributed by atoms with E-state index in [1.54, 1.807) is 0 Å². The van der Waals surface area contributed by atoms with Gasteiger partial charge in [-0.2, -0.15) is 0 Å². The van der Waals surface area contributed by atoms with E-state index in [1.165, 1.54) is 11.1 Å². The molecule has 2 aromatic carbocycles. The predicted molar refractivity (Wildman–Crippen MR) is 92.4 cm³/mol. The lowest BCUT2D eigenvalue weighted by molar-refractivity contribution is 0.723. The van der Waals surface area contributed by atoms with Crippen LogP contribution in [0.1, 0.15) is 18.1 Å². The molecule has 0 aliphatic carbocycles. The molecule has 2 nitrogen and oxygen atoms in total.